The molecule has 0 unspecified atom stereocenters. The maximum Gasteiger partial charge on any atom is 0.0314 e. The highest BCUT2D eigenvalue weighted by Gasteiger charge is 2.27. The second-order valence-electron chi connectivity index (χ2n) is 5.19. The Hall–Kier alpha value is -1.15. The fourth-order valence-corrected chi connectivity index (χ4v) is 2.90. The third kappa shape index (κ3) is 2.95. The minimum Gasteiger partial charge on any atom is -0.399 e. The molecule has 90 valence electrons. The molecule has 1 aromatic rings. The first-order valence-corrected chi connectivity index (χ1v) is 6.72. The van der Waals surface area contributed by atoms with Gasteiger partial charge in [-0.3, -0.25) is 0 Å². The van der Waals surface area contributed by atoms with Crippen LogP contribution in [-0.4, -0.2) is 0 Å². The molecule has 1 nitrogen and oxygen atoms in total. The quantitative estimate of drug-likeness (QED) is 0.727. The van der Waals surface area contributed by atoms with Gasteiger partial charge in [0, 0.05) is 5.69 Å². The molecule has 1 fully saturated rings. The summed E-state index contributed by atoms with van der Waals surface area (Å²) in [6.07, 6.45) is 4.56. The normalized spacial score (nSPS) is 21.8. The number of hydrogen-bond donors (Lipinski definition) is 1. The molecule has 2 rings (SSSR count). The Bertz CT molecular complexity index is 454. The number of allylic oxidation sites excluding steroid dienone is 2. The minimum absolute atomic E-state index is 0.267. The highest BCUT2D eigenvalue weighted by Crippen LogP contribution is 2.48. The van der Waals surface area contributed by atoms with Gasteiger partial charge in [0.05, 0.1) is 0 Å². The predicted molar refractivity (Wildman–Crippen MR) is 78.6 cm³/mol. The smallest absolute Gasteiger partial charge is 0.0314 e. The van der Waals surface area contributed by atoms with Crippen LogP contribution in [0.1, 0.15) is 32.3 Å². The third-order valence-corrected chi connectivity index (χ3v) is 4.65. The van der Waals surface area contributed by atoms with Gasteiger partial charge >= 0.3 is 0 Å². The first kappa shape index (κ1) is 12.3. The van der Waals surface area contributed by atoms with Crippen molar-refractivity contribution in [2.45, 2.75) is 26.7 Å². The van der Waals surface area contributed by atoms with Gasteiger partial charge in [-0.25, -0.2) is 0 Å². The van der Waals surface area contributed by atoms with Crippen molar-refractivity contribution in [2.75, 3.05) is 5.73 Å². The highest BCUT2D eigenvalue weighted by atomic mass is 32.2. The van der Waals surface area contributed by atoms with Crippen molar-refractivity contribution in [2.24, 2.45) is 5.41 Å². The molecule has 0 radical (unpaired) electrons. The summed E-state index contributed by atoms with van der Waals surface area (Å²) in [7, 11) is 0. The Labute approximate surface area is 108 Å². The van der Waals surface area contributed by atoms with Crippen LogP contribution in [0.5, 0.6) is 0 Å². The van der Waals surface area contributed by atoms with Gasteiger partial charge in [-0.15, -0.1) is 0 Å². The SMILES string of the molecule is C=C1S/C(=C\c2ccc(N)cc2)CCC1(C)C. The topological polar surface area (TPSA) is 26.0 Å². The summed E-state index contributed by atoms with van der Waals surface area (Å²) >= 11 is 1.83. The number of thioether (sulfide) groups is 1. The van der Waals surface area contributed by atoms with Crippen molar-refractivity contribution in [3.8, 4) is 0 Å². The zero-order chi connectivity index (χ0) is 12.5. The molecule has 17 heavy (non-hydrogen) atoms. The van der Waals surface area contributed by atoms with Crippen LogP contribution in [-0.2, 0) is 0 Å². The fourth-order valence-electron chi connectivity index (χ4n) is 1.80. The maximum atomic E-state index is 5.68. The molecule has 1 aliphatic rings. The Morgan fingerprint density at radius 2 is 1.94 bits per heavy atom. The molecule has 2 heteroatoms. The molecule has 2 N–H and O–H groups in total. The van der Waals surface area contributed by atoms with E-state index >= 15 is 0 Å². The average Bonchev–Trinajstić information content (AvgIpc) is 2.27. The first-order valence-electron chi connectivity index (χ1n) is 5.91. The van der Waals surface area contributed by atoms with E-state index in [0.717, 1.165) is 12.1 Å². The van der Waals surface area contributed by atoms with Crippen LogP contribution < -0.4 is 5.73 Å². The first-order chi connectivity index (χ1) is 7.97. The van der Waals surface area contributed by atoms with Gasteiger partial charge in [0.15, 0.2) is 0 Å². The molecule has 1 heterocycles. The van der Waals surface area contributed by atoms with E-state index in [0.29, 0.717) is 0 Å². The van der Waals surface area contributed by atoms with E-state index in [-0.39, 0.29) is 5.41 Å². The van der Waals surface area contributed by atoms with Gasteiger partial charge in [-0.2, -0.15) is 0 Å². The van der Waals surface area contributed by atoms with Gasteiger partial charge in [-0.1, -0.05) is 44.3 Å². The Morgan fingerprint density at radius 3 is 2.53 bits per heavy atom. The maximum absolute atomic E-state index is 5.68. The summed E-state index contributed by atoms with van der Waals surface area (Å²) in [6, 6.07) is 8.01. The van der Waals surface area contributed by atoms with Crippen molar-refractivity contribution in [1.29, 1.82) is 0 Å². The van der Waals surface area contributed by atoms with Crippen LogP contribution in [0.15, 0.2) is 40.7 Å². The molecule has 0 bridgehead atoms. The van der Waals surface area contributed by atoms with Crippen molar-refractivity contribution < 1.29 is 0 Å². The van der Waals surface area contributed by atoms with Crippen LogP contribution in [0, 0.1) is 5.41 Å². The molecule has 0 saturated carbocycles. The zero-order valence-electron chi connectivity index (χ0n) is 10.5. The number of nitrogen functional groups attached to an aromatic ring is 1. The lowest BCUT2D eigenvalue weighted by Gasteiger charge is -2.32. The van der Waals surface area contributed by atoms with E-state index in [1.54, 1.807) is 0 Å². The average molecular weight is 245 g/mol. The lowest BCUT2D eigenvalue weighted by atomic mass is 9.87. The second-order valence-corrected chi connectivity index (χ2v) is 6.41. The van der Waals surface area contributed by atoms with Gasteiger partial charge in [0.2, 0.25) is 0 Å². The second kappa shape index (κ2) is 4.61. The number of rotatable bonds is 1. The molecular weight excluding hydrogens is 226 g/mol. The van der Waals surface area contributed by atoms with Crippen LogP contribution in [0.3, 0.4) is 0 Å². The lowest BCUT2D eigenvalue weighted by molar-refractivity contribution is 0.428. The summed E-state index contributed by atoms with van der Waals surface area (Å²) < 4.78 is 0. The Morgan fingerprint density at radius 1 is 1.29 bits per heavy atom. The van der Waals surface area contributed by atoms with Crippen molar-refractivity contribution in [1.82, 2.24) is 0 Å². The number of hydrogen-bond acceptors (Lipinski definition) is 2. The fraction of sp³-hybridized carbons (Fsp3) is 0.333. The summed E-state index contributed by atoms with van der Waals surface area (Å²) in [4.78, 5) is 2.67. The Balaban J connectivity index is 2.14. The molecule has 0 spiro atoms. The van der Waals surface area contributed by atoms with E-state index in [1.807, 2.05) is 23.9 Å². The largest absolute Gasteiger partial charge is 0.399 e. The van der Waals surface area contributed by atoms with Gasteiger partial charge in [0.25, 0.3) is 0 Å². The van der Waals surface area contributed by atoms with E-state index < -0.39 is 0 Å². The molecule has 1 aliphatic heterocycles. The number of nitrogens with two attached hydrogens (primary N) is 1. The van der Waals surface area contributed by atoms with Crippen molar-refractivity contribution >= 4 is 23.5 Å². The van der Waals surface area contributed by atoms with Gasteiger partial charge < -0.3 is 5.73 Å². The van der Waals surface area contributed by atoms with Crippen molar-refractivity contribution in [3.05, 3.63) is 46.2 Å². The summed E-state index contributed by atoms with van der Waals surface area (Å²) in [5.41, 5.74) is 7.98. The molecule has 1 saturated heterocycles. The minimum atomic E-state index is 0.267. The molecular formula is C15H19NS. The van der Waals surface area contributed by atoms with E-state index in [4.69, 9.17) is 5.73 Å². The summed E-state index contributed by atoms with van der Waals surface area (Å²) in [5, 5.41) is 0. The monoisotopic (exact) mass is 245 g/mol. The molecule has 0 atom stereocenters. The molecule has 0 aromatic heterocycles. The lowest BCUT2D eigenvalue weighted by Crippen LogP contribution is -2.16. The molecule has 0 aliphatic carbocycles. The highest BCUT2D eigenvalue weighted by molar-refractivity contribution is 8.06. The zero-order valence-corrected chi connectivity index (χ0v) is 11.3. The summed E-state index contributed by atoms with van der Waals surface area (Å²) in [5.74, 6) is 0. The van der Waals surface area contributed by atoms with Crippen LogP contribution in [0.2, 0.25) is 0 Å². The van der Waals surface area contributed by atoms with Crippen LogP contribution in [0.25, 0.3) is 6.08 Å². The van der Waals surface area contributed by atoms with E-state index in [2.05, 4.69) is 38.6 Å². The molecule has 0 amide bonds. The van der Waals surface area contributed by atoms with Crippen LogP contribution in [0.4, 0.5) is 5.69 Å². The van der Waals surface area contributed by atoms with Gasteiger partial charge in [0.1, 0.15) is 0 Å². The predicted octanol–water partition coefficient (Wildman–Crippen LogP) is 4.68. The van der Waals surface area contributed by atoms with Crippen molar-refractivity contribution in [3.63, 3.8) is 0 Å². The molecule has 1 aromatic carbocycles. The van der Waals surface area contributed by atoms with E-state index in [1.165, 1.54) is 21.8 Å². The Kier molecular flexibility index (Phi) is 3.34. The van der Waals surface area contributed by atoms with E-state index in [9.17, 15) is 0 Å². The summed E-state index contributed by atoms with van der Waals surface area (Å²) in [6.45, 7) is 8.71. The number of anilines is 1. The number of benzene rings is 1. The van der Waals surface area contributed by atoms with Crippen LogP contribution >= 0.6 is 11.8 Å². The third-order valence-electron chi connectivity index (χ3n) is 3.27. The van der Waals surface area contributed by atoms with Gasteiger partial charge in [-0.05, 0) is 51.8 Å². The standard InChI is InChI=1S/C15H19NS/c1-11-15(2,3)9-8-14(17-11)10-12-4-6-13(16)7-5-12/h4-7,10H,1,8-9,16H2,2-3H3/b14-10-.